The molecule has 0 aliphatic carbocycles. The highest BCUT2D eigenvalue weighted by Crippen LogP contribution is 2.17. The lowest BCUT2D eigenvalue weighted by Crippen LogP contribution is -2.09. The third kappa shape index (κ3) is 114. The molecule has 0 saturated heterocycles. The Morgan fingerprint density at radius 1 is 1.25 bits per heavy atom. The van der Waals surface area contributed by atoms with Gasteiger partial charge in [-0.25, -0.2) is 0 Å². The fourth-order valence-corrected chi connectivity index (χ4v) is 0.747. The van der Waals surface area contributed by atoms with Gasteiger partial charge in [-0.2, -0.15) is 0 Å². The summed E-state index contributed by atoms with van der Waals surface area (Å²) in [6.45, 7) is 11.8. The summed E-state index contributed by atoms with van der Waals surface area (Å²) in [6.07, 6.45) is 0.937. The predicted molar refractivity (Wildman–Crippen MR) is 69.3 cm³/mol. The van der Waals surface area contributed by atoms with Gasteiger partial charge in [-0.15, -0.1) is 0 Å². The molecule has 1 amide bonds. The predicted octanol–water partition coefficient (Wildman–Crippen LogP) is 2.40. The van der Waals surface area contributed by atoms with Gasteiger partial charge >= 0.3 is 0 Å². The molecule has 0 unspecified atom stereocenters. The molecule has 0 fully saturated rings. The molecule has 0 aromatic carbocycles. The van der Waals surface area contributed by atoms with Gasteiger partial charge in [-0.05, 0) is 12.3 Å². The van der Waals surface area contributed by atoms with E-state index in [-0.39, 0.29) is 17.6 Å². The second-order valence-corrected chi connectivity index (χ2v) is 3.98. The molecule has 2 N–H and O–H groups in total. The van der Waals surface area contributed by atoms with Crippen molar-refractivity contribution in [3.8, 4) is 0 Å². The summed E-state index contributed by atoms with van der Waals surface area (Å²) in [5.74, 6) is 0.275. The van der Waals surface area contributed by atoms with Crippen molar-refractivity contribution in [1.82, 2.24) is 0 Å². The molecule has 0 aliphatic heterocycles. The largest absolute Gasteiger partial charge is 0.388 e. The van der Waals surface area contributed by atoms with Crippen molar-refractivity contribution in [3.05, 3.63) is 0 Å². The van der Waals surface area contributed by atoms with Gasteiger partial charge in [0.05, 0.1) is 0 Å². The van der Waals surface area contributed by atoms with Crippen LogP contribution in [0.2, 0.25) is 0 Å². The van der Waals surface area contributed by atoms with E-state index in [9.17, 15) is 4.79 Å². The van der Waals surface area contributed by atoms with Crippen LogP contribution in [0.15, 0.2) is 0 Å². The molecule has 100 valence electrons. The molecule has 4 heteroatoms. The number of rotatable bonds is 1. The maximum absolute atomic E-state index is 10.5. The van der Waals surface area contributed by atoms with Crippen LogP contribution in [0.5, 0.6) is 0 Å². The number of ether oxygens (including phenoxy) is 1. The van der Waals surface area contributed by atoms with Crippen molar-refractivity contribution in [1.29, 1.82) is 0 Å². The maximum Gasteiger partial charge on any atom is 0.204 e. The van der Waals surface area contributed by atoms with E-state index in [0.29, 0.717) is 6.42 Å². The van der Waals surface area contributed by atoms with Crippen molar-refractivity contribution in [2.45, 2.75) is 48.0 Å². The Kier molecular flexibility index (Phi) is 29.9. The van der Waals surface area contributed by atoms with E-state index in [4.69, 9.17) is 4.79 Å². The zero-order chi connectivity index (χ0) is 14.2. The van der Waals surface area contributed by atoms with Gasteiger partial charge in [0, 0.05) is 20.6 Å². The number of ketones is 1. The van der Waals surface area contributed by atoms with Gasteiger partial charge in [-0.1, -0.05) is 34.6 Å². The number of carbonyl (C=O) groups is 2. The third-order valence-electron chi connectivity index (χ3n) is 0.779. The van der Waals surface area contributed by atoms with Gasteiger partial charge in [0.15, 0.2) is 0 Å². The average Bonchev–Trinajstić information content (AvgIpc) is 2.05. The summed E-state index contributed by atoms with van der Waals surface area (Å²) in [6, 6.07) is 0. The second-order valence-electron chi connectivity index (χ2n) is 3.98. The molecule has 4 nitrogen and oxygen atoms in total. The normalized spacial score (nSPS) is 8.00. The summed E-state index contributed by atoms with van der Waals surface area (Å²) in [5.41, 5.74) is 4.34. The van der Waals surface area contributed by atoms with Crippen LogP contribution >= 0.6 is 0 Å². The lowest BCUT2D eigenvalue weighted by Gasteiger charge is -2.14. The molecule has 0 aromatic heterocycles. The van der Waals surface area contributed by atoms with Crippen molar-refractivity contribution >= 4 is 12.2 Å². The van der Waals surface area contributed by atoms with Crippen molar-refractivity contribution in [2.75, 3.05) is 14.2 Å². The number of amides is 1. The molecule has 0 saturated carbocycles. The Labute approximate surface area is 101 Å². The van der Waals surface area contributed by atoms with Crippen molar-refractivity contribution < 1.29 is 14.3 Å². The molecular weight excluding hydrogens is 206 g/mol. The Hall–Kier alpha value is -0.900. The summed E-state index contributed by atoms with van der Waals surface area (Å²) in [7, 11) is 3.25. The summed E-state index contributed by atoms with van der Waals surface area (Å²) < 4.78 is 4.25. The molecule has 0 atom stereocenters. The molecule has 0 bridgehead atoms. The fraction of sp³-hybridized carbons (Fsp3) is 0.833. The lowest BCUT2D eigenvalue weighted by molar-refractivity contribution is -0.118. The maximum atomic E-state index is 10.5. The Morgan fingerprint density at radius 3 is 1.44 bits per heavy atom. The number of hydrogen-bond acceptors (Lipinski definition) is 3. The fourth-order valence-electron chi connectivity index (χ4n) is 0.747. The zero-order valence-corrected chi connectivity index (χ0v) is 12.1. The Bertz CT molecular complexity index is 140. The number of methoxy groups -OCH3 is 1. The second kappa shape index (κ2) is 19.6. The van der Waals surface area contributed by atoms with E-state index in [1.807, 2.05) is 13.8 Å². The first-order chi connectivity index (χ1) is 7.24. The van der Waals surface area contributed by atoms with Crippen LogP contribution in [-0.4, -0.2) is 26.4 Å². The van der Waals surface area contributed by atoms with Crippen LogP contribution in [0, 0.1) is 5.41 Å². The summed E-state index contributed by atoms with van der Waals surface area (Å²) in [5, 5.41) is 0. The Morgan fingerprint density at radius 2 is 1.44 bits per heavy atom. The highest BCUT2D eigenvalue weighted by molar-refractivity contribution is 5.76. The summed E-state index contributed by atoms with van der Waals surface area (Å²) in [4.78, 5) is 19.0. The first-order valence-electron chi connectivity index (χ1n) is 5.30. The topological polar surface area (TPSA) is 69.4 Å². The van der Waals surface area contributed by atoms with Gasteiger partial charge in [-0.3, -0.25) is 4.79 Å². The van der Waals surface area contributed by atoms with E-state index in [1.165, 1.54) is 0 Å². The lowest BCUT2D eigenvalue weighted by atomic mass is 9.91. The SMILES string of the molecule is CC.CC(=O)CC(C)(C)C.COC.NC=O. The van der Waals surface area contributed by atoms with E-state index in [1.54, 1.807) is 21.1 Å². The third-order valence-corrected chi connectivity index (χ3v) is 0.779. The zero-order valence-electron chi connectivity index (χ0n) is 12.1. The Balaban J connectivity index is -0.0000000752. The minimum atomic E-state index is 0.172. The minimum Gasteiger partial charge on any atom is -0.388 e. The quantitative estimate of drug-likeness (QED) is 0.709. The first-order valence-corrected chi connectivity index (χ1v) is 5.30. The minimum absolute atomic E-state index is 0.172. The van der Waals surface area contributed by atoms with Crippen molar-refractivity contribution in [3.63, 3.8) is 0 Å². The molecule has 0 aromatic rings. The van der Waals surface area contributed by atoms with Crippen LogP contribution < -0.4 is 5.73 Å². The van der Waals surface area contributed by atoms with Gasteiger partial charge < -0.3 is 15.3 Å². The number of nitrogens with two attached hydrogens (primary N) is 1. The number of primary amides is 1. The average molecular weight is 235 g/mol. The van der Waals surface area contributed by atoms with Gasteiger partial charge in [0.25, 0.3) is 0 Å². The smallest absolute Gasteiger partial charge is 0.204 e. The van der Waals surface area contributed by atoms with Crippen LogP contribution in [0.25, 0.3) is 0 Å². The number of Topliss-reactive ketones (excluding diaryl/α,β-unsaturated/α-hetero) is 1. The molecule has 0 spiro atoms. The number of hydrogen-bond donors (Lipinski definition) is 1. The number of carbonyl (C=O) groups excluding carboxylic acids is 2. The molecule has 0 radical (unpaired) electrons. The molecule has 0 rings (SSSR count). The van der Waals surface area contributed by atoms with E-state index in [2.05, 4.69) is 31.2 Å². The van der Waals surface area contributed by atoms with E-state index < -0.39 is 0 Å². The molecule has 0 heterocycles. The van der Waals surface area contributed by atoms with Crippen molar-refractivity contribution in [2.24, 2.45) is 11.1 Å². The van der Waals surface area contributed by atoms with Crippen LogP contribution in [0.1, 0.15) is 48.0 Å². The standard InChI is InChI=1S/C7H14O.C2H6O.C2H6.CH3NO/c1-6(8)5-7(2,3)4;1-3-2;1-2;2-1-3/h5H2,1-4H3;1-2H3;1-2H3;1H,(H2,2,3). The highest BCUT2D eigenvalue weighted by Gasteiger charge is 2.11. The molecule has 16 heavy (non-hydrogen) atoms. The van der Waals surface area contributed by atoms with Gasteiger partial charge in [0.1, 0.15) is 5.78 Å². The first kappa shape index (κ1) is 24.4. The molecule has 0 aliphatic rings. The van der Waals surface area contributed by atoms with Crippen LogP contribution in [0.3, 0.4) is 0 Å². The van der Waals surface area contributed by atoms with E-state index >= 15 is 0 Å². The molecular formula is C12H29NO3. The van der Waals surface area contributed by atoms with E-state index in [0.717, 1.165) is 0 Å². The highest BCUT2D eigenvalue weighted by atomic mass is 16.4. The van der Waals surface area contributed by atoms with Crippen LogP contribution in [0.4, 0.5) is 0 Å². The summed E-state index contributed by atoms with van der Waals surface area (Å²) >= 11 is 0. The monoisotopic (exact) mass is 235 g/mol. The van der Waals surface area contributed by atoms with Crippen LogP contribution in [-0.2, 0) is 14.3 Å². The van der Waals surface area contributed by atoms with Gasteiger partial charge in [0.2, 0.25) is 6.41 Å².